The van der Waals surface area contributed by atoms with Crippen molar-refractivity contribution in [1.29, 1.82) is 0 Å². The number of nitrogens with zero attached hydrogens (tertiary/aromatic N) is 1. The molecule has 104 valence electrons. The summed E-state index contributed by atoms with van der Waals surface area (Å²) in [5, 5.41) is 0. The maximum atomic E-state index is 6.28. The molecule has 0 aromatic carbocycles. The average molecular weight is 250 g/mol. The summed E-state index contributed by atoms with van der Waals surface area (Å²) >= 11 is 0. The van der Waals surface area contributed by atoms with Crippen molar-refractivity contribution in [2.24, 2.45) is 17.6 Å². The van der Waals surface area contributed by atoms with Crippen molar-refractivity contribution in [2.45, 2.75) is 76.3 Å². The summed E-state index contributed by atoms with van der Waals surface area (Å²) < 4.78 is 0. The Morgan fingerprint density at radius 3 is 2.44 bits per heavy atom. The fourth-order valence-corrected chi connectivity index (χ4v) is 4.35. The van der Waals surface area contributed by atoms with Gasteiger partial charge in [-0.2, -0.15) is 0 Å². The highest BCUT2D eigenvalue weighted by atomic mass is 15.3. The Kier molecular flexibility index (Phi) is 3.68. The van der Waals surface area contributed by atoms with Crippen molar-refractivity contribution in [2.75, 3.05) is 13.1 Å². The quantitative estimate of drug-likeness (QED) is 0.784. The van der Waals surface area contributed by atoms with Gasteiger partial charge in [-0.25, -0.2) is 0 Å². The lowest BCUT2D eigenvalue weighted by Crippen LogP contribution is -2.57. The average Bonchev–Trinajstić information content (AvgIpc) is 3.29. The largest absolute Gasteiger partial charge is 0.329 e. The molecule has 2 unspecified atom stereocenters. The fourth-order valence-electron chi connectivity index (χ4n) is 4.35. The van der Waals surface area contributed by atoms with Crippen LogP contribution in [0.4, 0.5) is 0 Å². The third-order valence-corrected chi connectivity index (χ3v) is 5.59. The van der Waals surface area contributed by atoms with E-state index in [4.69, 9.17) is 5.73 Å². The molecular formula is C16H30N2. The van der Waals surface area contributed by atoms with E-state index in [1.165, 1.54) is 64.3 Å². The summed E-state index contributed by atoms with van der Waals surface area (Å²) in [6, 6.07) is 0.881. The number of hydrogen-bond acceptors (Lipinski definition) is 2. The monoisotopic (exact) mass is 250 g/mol. The van der Waals surface area contributed by atoms with Crippen LogP contribution < -0.4 is 5.73 Å². The molecule has 3 saturated carbocycles. The van der Waals surface area contributed by atoms with Gasteiger partial charge in [-0.05, 0) is 63.3 Å². The first kappa shape index (κ1) is 12.9. The molecule has 0 saturated heterocycles. The van der Waals surface area contributed by atoms with E-state index in [1.807, 2.05) is 0 Å². The van der Waals surface area contributed by atoms with Crippen LogP contribution in [0.15, 0.2) is 0 Å². The first-order valence-electron chi connectivity index (χ1n) is 8.26. The third-order valence-electron chi connectivity index (χ3n) is 5.59. The van der Waals surface area contributed by atoms with Crippen LogP contribution in [0, 0.1) is 11.8 Å². The zero-order valence-electron chi connectivity index (χ0n) is 12.0. The van der Waals surface area contributed by atoms with Crippen LogP contribution in [0.5, 0.6) is 0 Å². The van der Waals surface area contributed by atoms with E-state index in [2.05, 4.69) is 11.8 Å². The van der Waals surface area contributed by atoms with E-state index in [-0.39, 0.29) is 0 Å². The Bertz CT molecular complexity index is 283. The number of rotatable bonds is 6. The van der Waals surface area contributed by atoms with E-state index in [9.17, 15) is 0 Å². The minimum Gasteiger partial charge on any atom is -0.329 e. The predicted molar refractivity (Wildman–Crippen MR) is 76.5 cm³/mol. The molecular weight excluding hydrogens is 220 g/mol. The molecule has 3 aliphatic carbocycles. The molecule has 3 rings (SSSR count). The molecule has 0 aliphatic heterocycles. The molecule has 2 nitrogen and oxygen atoms in total. The molecule has 18 heavy (non-hydrogen) atoms. The molecule has 0 heterocycles. The maximum absolute atomic E-state index is 6.28. The normalized spacial score (nSPS) is 37.2. The van der Waals surface area contributed by atoms with Gasteiger partial charge in [0.05, 0.1) is 0 Å². The Hall–Kier alpha value is -0.0800. The Balaban J connectivity index is 1.73. The summed E-state index contributed by atoms with van der Waals surface area (Å²) in [5.74, 6) is 2.07. The highest BCUT2D eigenvalue weighted by molar-refractivity contribution is 5.03. The second-order valence-corrected chi connectivity index (χ2v) is 7.05. The van der Waals surface area contributed by atoms with Crippen LogP contribution in [-0.4, -0.2) is 29.6 Å². The van der Waals surface area contributed by atoms with Crippen LogP contribution in [0.1, 0.15) is 64.7 Å². The van der Waals surface area contributed by atoms with Gasteiger partial charge in [0.1, 0.15) is 0 Å². The first-order valence-corrected chi connectivity index (χ1v) is 8.26. The second kappa shape index (κ2) is 5.13. The van der Waals surface area contributed by atoms with Crippen molar-refractivity contribution in [3.8, 4) is 0 Å². The van der Waals surface area contributed by atoms with Gasteiger partial charge in [0.2, 0.25) is 0 Å². The molecule has 0 bridgehead atoms. The van der Waals surface area contributed by atoms with Gasteiger partial charge >= 0.3 is 0 Å². The molecule has 3 aliphatic rings. The van der Waals surface area contributed by atoms with E-state index in [0.717, 1.165) is 24.4 Å². The van der Waals surface area contributed by atoms with Gasteiger partial charge in [0.25, 0.3) is 0 Å². The molecule has 0 aromatic rings. The maximum Gasteiger partial charge on any atom is 0.0337 e. The molecule has 3 fully saturated rings. The van der Waals surface area contributed by atoms with Crippen LogP contribution in [0.25, 0.3) is 0 Å². The fraction of sp³-hybridized carbons (Fsp3) is 1.00. The summed E-state index contributed by atoms with van der Waals surface area (Å²) in [4.78, 5) is 2.83. The van der Waals surface area contributed by atoms with Crippen LogP contribution >= 0.6 is 0 Å². The van der Waals surface area contributed by atoms with Crippen LogP contribution in [-0.2, 0) is 0 Å². The number of nitrogens with two attached hydrogens (primary N) is 1. The van der Waals surface area contributed by atoms with Gasteiger partial charge < -0.3 is 5.73 Å². The zero-order chi connectivity index (χ0) is 12.6. The smallest absolute Gasteiger partial charge is 0.0337 e. The lowest BCUT2D eigenvalue weighted by molar-refractivity contribution is 0.0240. The SMILES string of the molecule is CCCN(C1CC1)C1(CN)CCCC(C2CC2)C1. The molecule has 0 amide bonds. The summed E-state index contributed by atoms with van der Waals surface area (Å²) in [6.45, 7) is 4.49. The van der Waals surface area contributed by atoms with Crippen molar-refractivity contribution in [3.05, 3.63) is 0 Å². The van der Waals surface area contributed by atoms with Gasteiger partial charge in [-0.15, -0.1) is 0 Å². The molecule has 0 aromatic heterocycles. The zero-order valence-corrected chi connectivity index (χ0v) is 12.0. The standard InChI is InChI=1S/C16H30N2/c1-2-10-18(15-7-8-15)16(12-17)9-3-4-14(11-16)13-5-6-13/h13-15H,2-12,17H2,1H3. The second-order valence-electron chi connectivity index (χ2n) is 7.05. The van der Waals surface area contributed by atoms with E-state index in [1.54, 1.807) is 0 Å². The van der Waals surface area contributed by atoms with E-state index < -0.39 is 0 Å². The summed E-state index contributed by atoms with van der Waals surface area (Å²) in [6.07, 6.45) is 12.8. The highest BCUT2D eigenvalue weighted by Crippen LogP contribution is 2.49. The Morgan fingerprint density at radius 2 is 1.89 bits per heavy atom. The van der Waals surface area contributed by atoms with Gasteiger partial charge in [-0.1, -0.05) is 19.8 Å². The van der Waals surface area contributed by atoms with Crippen LogP contribution in [0.2, 0.25) is 0 Å². The predicted octanol–water partition coefficient (Wildman–Crippen LogP) is 3.16. The minimum atomic E-state index is 0.378. The highest BCUT2D eigenvalue weighted by Gasteiger charge is 2.47. The lowest BCUT2D eigenvalue weighted by atomic mass is 9.72. The van der Waals surface area contributed by atoms with Gasteiger partial charge in [-0.3, -0.25) is 4.90 Å². The molecule has 2 N–H and O–H groups in total. The minimum absolute atomic E-state index is 0.378. The summed E-state index contributed by atoms with van der Waals surface area (Å²) in [5.41, 5.74) is 6.65. The Morgan fingerprint density at radius 1 is 1.11 bits per heavy atom. The molecule has 2 heteroatoms. The van der Waals surface area contributed by atoms with Gasteiger partial charge in [0.15, 0.2) is 0 Å². The van der Waals surface area contributed by atoms with E-state index in [0.29, 0.717) is 5.54 Å². The van der Waals surface area contributed by atoms with Gasteiger partial charge in [0, 0.05) is 18.1 Å². The Labute approximate surface area is 112 Å². The van der Waals surface area contributed by atoms with Crippen LogP contribution in [0.3, 0.4) is 0 Å². The molecule has 0 spiro atoms. The topological polar surface area (TPSA) is 29.3 Å². The third kappa shape index (κ3) is 2.46. The lowest BCUT2D eigenvalue weighted by Gasteiger charge is -2.49. The van der Waals surface area contributed by atoms with Crippen molar-refractivity contribution >= 4 is 0 Å². The van der Waals surface area contributed by atoms with Crippen molar-refractivity contribution in [3.63, 3.8) is 0 Å². The number of hydrogen-bond donors (Lipinski definition) is 1. The molecule has 0 radical (unpaired) electrons. The summed E-state index contributed by atoms with van der Waals surface area (Å²) in [7, 11) is 0. The first-order chi connectivity index (χ1) is 8.79. The van der Waals surface area contributed by atoms with Crippen molar-refractivity contribution < 1.29 is 0 Å². The van der Waals surface area contributed by atoms with E-state index >= 15 is 0 Å². The van der Waals surface area contributed by atoms with Crippen molar-refractivity contribution in [1.82, 2.24) is 4.90 Å². The molecule has 2 atom stereocenters.